The summed E-state index contributed by atoms with van der Waals surface area (Å²) in [5.74, 6) is 0. The third-order valence-corrected chi connectivity index (χ3v) is 10.6. The summed E-state index contributed by atoms with van der Waals surface area (Å²) in [5, 5.41) is 2.86. The highest BCUT2D eigenvalue weighted by Gasteiger charge is 2.30. The van der Waals surface area contributed by atoms with Crippen molar-refractivity contribution in [3.05, 3.63) is 56.6 Å². The molecule has 4 nitrogen and oxygen atoms in total. The Hall–Kier alpha value is 1.19. The van der Waals surface area contributed by atoms with Crippen LogP contribution in [0.2, 0.25) is 0 Å². The first-order valence-electron chi connectivity index (χ1n) is 9.14. The van der Waals surface area contributed by atoms with E-state index >= 15 is 0 Å². The fraction of sp³-hybridized carbons (Fsp3) is 0.400. The second-order valence-corrected chi connectivity index (χ2v) is 11.9. The van der Waals surface area contributed by atoms with Crippen LogP contribution in [0.25, 0.3) is 0 Å². The normalized spacial score (nSPS) is 11.9. The first-order chi connectivity index (χ1) is 14.8. The Morgan fingerprint density at radius 3 is 1.10 bits per heavy atom. The van der Waals surface area contributed by atoms with Gasteiger partial charge in [-0.25, -0.2) is 8.42 Å². The molecule has 31 heavy (non-hydrogen) atoms. The molecule has 0 aliphatic heterocycles. The molecule has 0 heterocycles. The van der Waals surface area contributed by atoms with Gasteiger partial charge in [-0.05, 0) is 56.6 Å². The number of hydrogen-bond acceptors (Lipinski definition) is 4. The Labute approximate surface area is 234 Å². The van der Waals surface area contributed by atoms with E-state index < -0.39 is 9.84 Å². The molecular weight excluding hydrogens is 812 g/mol. The molecule has 0 fully saturated rings. The molecule has 0 amide bonds. The van der Waals surface area contributed by atoms with Crippen LogP contribution in [0, 0.1) is 0 Å². The maximum absolute atomic E-state index is 14.1. The van der Waals surface area contributed by atoms with Gasteiger partial charge in [-0.3, -0.25) is 0 Å². The second kappa shape index (κ2) is 12.8. The summed E-state index contributed by atoms with van der Waals surface area (Å²) in [6.07, 6.45) is 0. The summed E-state index contributed by atoms with van der Waals surface area (Å²) >= 11 is 21.1. The molecule has 11 heteroatoms. The topological polar surface area (TPSA) is 86.2 Å². The van der Waals surface area contributed by atoms with Crippen molar-refractivity contribution in [1.82, 2.24) is 0 Å². The monoisotopic (exact) mass is 828 g/mol. The maximum atomic E-state index is 14.1. The van der Waals surface area contributed by atoms with Crippen molar-refractivity contribution in [3.63, 3.8) is 0 Å². The summed E-state index contributed by atoms with van der Waals surface area (Å²) in [5.41, 5.74) is 19.0. The quantitative estimate of drug-likeness (QED) is 0.258. The highest BCUT2D eigenvalue weighted by molar-refractivity contribution is 9.09. The van der Waals surface area contributed by atoms with Gasteiger partial charge < -0.3 is 11.5 Å². The van der Waals surface area contributed by atoms with E-state index in [1.165, 1.54) is 0 Å². The van der Waals surface area contributed by atoms with Crippen LogP contribution < -0.4 is 11.5 Å². The number of rotatable bonds is 10. The first-order valence-corrected chi connectivity index (χ1v) is 17.4. The van der Waals surface area contributed by atoms with Crippen molar-refractivity contribution in [3.8, 4) is 0 Å². The minimum absolute atomic E-state index is 0.300. The first kappa shape index (κ1) is 28.4. The molecule has 0 saturated heterocycles. The average Bonchev–Trinajstić information content (AvgIpc) is 2.80. The van der Waals surface area contributed by atoms with Crippen molar-refractivity contribution in [2.45, 2.75) is 54.9 Å². The van der Waals surface area contributed by atoms with E-state index in [-0.39, 0.29) is 0 Å². The zero-order valence-corrected chi connectivity index (χ0v) is 26.8. The van der Waals surface area contributed by atoms with E-state index in [1.807, 2.05) is 0 Å². The second-order valence-electron chi connectivity index (χ2n) is 6.65. The smallest absolute Gasteiger partial charge is 0.207 e. The van der Waals surface area contributed by atoms with Gasteiger partial charge in [0.15, 0.2) is 0 Å². The third-order valence-electron chi connectivity index (χ3n) is 5.25. The zero-order chi connectivity index (χ0) is 23.3. The molecule has 0 aliphatic carbocycles. The van der Waals surface area contributed by atoms with Gasteiger partial charge in [0.25, 0.3) is 0 Å². The Bertz CT molecular complexity index is 983. The molecule has 4 N–H and O–H groups in total. The fourth-order valence-electron chi connectivity index (χ4n) is 3.67. The van der Waals surface area contributed by atoms with Gasteiger partial charge in [-0.15, -0.1) is 0 Å². The molecule has 2 aromatic carbocycles. The lowest BCUT2D eigenvalue weighted by Crippen LogP contribution is -2.16. The molecular formula is C20H22Br6N2O2S. The van der Waals surface area contributed by atoms with Crippen LogP contribution in [-0.4, -0.2) is 8.42 Å². The van der Waals surface area contributed by atoms with Gasteiger partial charge in [0.2, 0.25) is 9.84 Å². The molecule has 0 bridgehead atoms. The molecule has 0 radical (unpaired) electrons. The van der Waals surface area contributed by atoms with Gasteiger partial charge in [-0.2, -0.15) is 0 Å². The lowest BCUT2D eigenvalue weighted by Gasteiger charge is -2.22. The molecule has 0 unspecified atom stereocenters. The lowest BCUT2D eigenvalue weighted by molar-refractivity contribution is 0.594. The fourth-order valence-corrected chi connectivity index (χ4v) is 9.55. The number of nitrogens with two attached hydrogens (primary N) is 2. The van der Waals surface area contributed by atoms with E-state index in [0.717, 1.165) is 44.5 Å². The zero-order valence-electron chi connectivity index (χ0n) is 16.5. The highest BCUT2D eigenvalue weighted by Crippen LogP contribution is 2.38. The highest BCUT2D eigenvalue weighted by atomic mass is 79.9. The summed E-state index contributed by atoms with van der Waals surface area (Å²) in [6, 6.07) is 3.51. The van der Waals surface area contributed by atoms with Crippen LogP contribution in [-0.2, 0) is 54.9 Å². The Balaban J connectivity index is 3.00. The molecule has 0 aliphatic rings. The predicted molar refractivity (Wildman–Crippen MR) is 150 cm³/mol. The standard InChI is InChI=1S/C20H22Br6N2O2S/c21-3-11-1-19(15(7-25)13(5-23)17(11)9-27)31(29,30)20-2-12(4-22)18(10-28)14(6-24)16(20)8-26/h1-2H,3-10,27-28H2. The molecule has 0 atom stereocenters. The van der Waals surface area contributed by atoms with Gasteiger partial charge in [0.05, 0.1) is 9.79 Å². The number of sulfone groups is 1. The number of halogens is 6. The minimum Gasteiger partial charge on any atom is -0.326 e. The van der Waals surface area contributed by atoms with Gasteiger partial charge >= 0.3 is 0 Å². The molecule has 2 rings (SSSR count). The third kappa shape index (κ3) is 5.55. The van der Waals surface area contributed by atoms with Crippen LogP contribution >= 0.6 is 95.6 Å². The van der Waals surface area contributed by atoms with Crippen molar-refractivity contribution in [1.29, 1.82) is 0 Å². The summed E-state index contributed by atoms with van der Waals surface area (Å²) in [6.45, 7) is 0.670. The van der Waals surface area contributed by atoms with E-state index in [9.17, 15) is 8.42 Å². The number of alkyl halides is 6. The summed E-state index contributed by atoms with van der Waals surface area (Å²) in [7, 11) is -3.83. The van der Waals surface area contributed by atoms with Crippen LogP contribution in [0.15, 0.2) is 21.9 Å². The van der Waals surface area contributed by atoms with Gasteiger partial charge in [0, 0.05) is 45.1 Å². The summed E-state index contributed by atoms with van der Waals surface area (Å²) in [4.78, 5) is 0.600. The van der Waals surface area contributed by atoms with Crippen molar-refractivity contribution >= 4 is 105 Å². The minimum atomic E-state index is -3.83. The number of hydrogen-bond donors (Lipinski definition) is 2. The predicted octanol–water partition coefficient (Wildman–Crippen LogP) is 6.81. The van der Waals surface area contributed by atoms with E-state index in [2.05, 4.69) is 95.6 Å². The van der Waals surface area contributed by atoms with Gasteiger partial charge in [-0.1, -0.05) is 95.6 Å². The van der Waals surface area contributed by atoms with Crippen molar-refractivity contribution < 1.29 is 8.42 Å². The molecule has 0 spiro atoms. The molecule has 0 aromatic heterocycles. The SMILES string of the molecule is NCc1c(CBr)cc(S(=O)(=O)c2cc(CBr)c(CN)c(CBr)c2CBr)c(CBr)c1CBr. The Kier molecular flexibility index (Phi) is 11.7. The molecule has 2 aromatic rings. The van der Waals surface area contributed by atoms with E-state index in [0.29, 0.717) is 54.9 Å². The Morgan fingerprint density at radius 2 is 0.871 bits per heavy atom. The van der Waals surface area contributed by atoms with Crippen molar-refractivity contribution in [2.75, 3.05) is 0 Å². The lowest BCUT2D eigenvalue weighted by atomic mass is 9.98. The van der Waals surface area contributed by atoms with Crippen molar-refractivity contribution in [2.24, 2.45) is 11.5 Å². The van der Waals surface area contributed by atoms with Crippen LogP contribution in [0.3, 0.4) is 0 Å². The largest absolute Gasteiger partial charge is 0.326 e. The van der Waals surface area contributed by atoms with E-state index in [1.54, 1.807) is 12.1 Å². The van der Waals surface area contributed by atoms with Gasteiger partial charge in [0.1, 0.15) is 0 Å². The molecule has 172 valence electrons. The van der Waals surface area contributed by atoms with Crippen LogP contribution in [0.5, 0.6) is 0 Å². The van der Waals surface area contributed by atoms with Crippen LogP contribution in [0.4, 0.5) is 0 Å². The summed E-state index contributed by atoms with van der Waals surface area (Å²) < 4.78 is 28.2. The molecule has 0 saturated carbocycles. The van der Waals surface area contributed by atoms with E-state index in [4.69, 9.17) is 11.5 Å². The maximum Gasteiger partial charge on any atom is 0.207 e. The van der Waals surface area contributed by atoms with Crippen LogP contribution in [0.1, 0.15) is 44.5 Å². The number of benzene rings is 2. The Morgan fingerprint density at radius 1 is 0.548 bits per heavy atom. The average molecular weight is 834 g/mol.